The van der Waals surface area contributed by atoms with Gasteiger partial charge in [-0.05, 0) is 36.8 Å². The first kappa shape index (κ1) is 13.1. The second kappa shape index (κ2) is 6.02. The van der Waals surface area contributed by atoms with Crippen LogP contribution in [0.2, 0.25) is 0 Å². The van der Waals surface area contributed by atoms with Crippen LogP contribution in [0.15, 0.2) is 48.5 Å². The Kier molecular flexibility index (Phi) is 4.15. The predicted octanol–water partition coefficient (Wildman–Crippen LogP) is 2.18. The van der Waals surface area contributed by atoms with E-state index in [4.69, 9.17) is 10.6 Å². The Bertz CT molecular complexity index is 565. The van der Waals surface area contributed by atoms with Gasteiger partial charge in [0.2, 0.25) is 0 Å². The molecule has 0 radical (unpaired) electrons. The number of hydrogen-bond acceptors (Lipinski definition) is 3. The van der Waals surface area contributed by atoms with E-state index in [2.05, 4.69) is 11.5 Å². The maximum Gasteiger partial charge on any atom is 0.265 e. The van der Waals surface area contributed by atoms with Crippen molar-refractivity contribution in [3.63, 3.8) is 0 Å². The van der Waals surface area contributed by atoms with Gasteiger partial charge in [0.25, 0.3) is 5.91 Å². The Morgan fingerprint density at radius 3 is 2.58 bits per heavy atom. The minimum absolute atomic E-state index is 0.315. The molecule has 1 amide bonds. The number of nitrogens with one attached hydrogen (secondary N) is 1. The molecular formula is C15H16N2O2. The second-order valence-electron chi connectivity index (χ2n) is 4.28. The Hall–Kier alpha value is -2.33. The fourth-order valence-electron chi connectivity index (χ4n) is 1.75. The fourth-order valence-corrected chi connectivity index (χ4v) is 1.75. The molecule has 4 heteroatoms. The molecule has 98 valence electrons. The van der Waals surface area contributed by atoms with Gasteiger partial charge in [0.05, 0.1) is 0 Å². The molecular weight excluding hydrogens is 240 g/mol. The number of aryl methyl sites for hydroxylation is 1. The average molecular weight is 256 g/mol. The molecule has 2 aromatic carbocycles. The zero-order chi connectivity index (χ0) is 13.7. The smallest absolute Gasteiger partial charge is 0.265 e. The number of benzene rings is 2. The van der Waals surface area contributed by atoms with Gasteiger partial charge < -0.3 is 4.74 Å². The molecule has 3 N–H and O–H groups in total. The third-order valence-electron chi connectivity index (χ3n) is 2.74. The normalized spacial score (nSPS) is 10.0. The summed E-state index contributed by atoms with van der Waals surface area (Å²) in [5.41, 5.74) is 4.91. The summed E-state index contributed by atoms with van der Waals surface area (Å²) in [6, 6.07) is 15.0. The average Bonchev–Trinajstić information content (AvgIpc) is 2.45. The van der Waals surface area contributed by atoms with Crippen LogP contribution in [0, 0.1) is 6.92 Å². The van der Waals surface area contributed by atoms with Crippen LogP contribution in [0.5, 0.6) is 5.75 Å². The van der Waals surface area contributed by atoms with Crippen molar-refractivity contribution in [3.8, 4) is 5.75 Å². The SMILES string of the molecule is Cc1cccc(COc2ccc(C(=O)NN)cc2)c1. The van der Waals surface area contributed by atoms with Gasteiger partial charge in [-0.15, -0.1) is 0 Å². The van der Waals surface area contributed by atoms with E-state index in [1.54, 1.807) is 24.3 Å². The van der Waals surface area contributed by atoms with Crippen LogP contribution in [-0.4, -0.2) is 5.91 Å². The van der Waals surface area contributed by atoms with Crippen LogP contribution in [0.3, 0.4) is 0 Å². The van der Waals surface area contributed by atoms with Crippen molar-refractivity contribution in [3.05, 3.63) is 65.2 Å². The van der Waals surface area contributed by atoms with Gasteiger partial charge in [-0.3, -0.25) is 10.2 Å². The van der Waals surface area contributed by atoms with E-state index in [1.807, 2.05) is 25.1 Å². The first-order chi connectivity index (χ1) is 9.19. The van der Waals surface area contributed by atoms with Gasteiger partial charge in [0.15, 0.2) is 0 Å². The molecule has 0 atom stereocenters. The van der Waals surface area contributed by atoms with Crippen molar-refractivity contribution in [2.24, 2.45) is 5.84 Å². The maximum atomic E-state index is 11.3. The van der Waals surface area contributed by atoms with Crippen LogP contribution in [0.1, 0.15) is 21.5 Å². The molecule has 19 heavy (non-hydrogen) atoms. The molecule has 0 saturated carbocycles. The summed E-state index contributed by atoms with van der Waals surface area (Å²) in [7, 11) is 0. The van der Waals surface area contributed by atoms with Crippen molar-refractivity contribution in [2.75, 3.05) is 0 Å². The summed E-state index contributed by atoms with van der Waals surface area (Å²) in [6.07, 6.45) is 0. The van der Waals surface area contributed by atoms with E-state index in [-0.39, 0.29) is 5.91 Å². The van der Waals surface area contributed by atoms with E-state index in [1.165, 1.54) is 5.56 Å². The highest BCUT2D eigenvalue weighted by molar-refractivity contribution is 5.93. The molecule has 4 nitrogen and oxygen atoms in total. The number of rotatable bonds is 4. The lowest BCUT2D eigenvalue weighted by molar-refractivity contribution is 0.0953. The van der Waals surface area contributed by atoms with Gasteiger partial charge in [0, 0.05) is 5.56 Å². The molecule has 2 aromatic rings. The molecule has 0 aromatic heterocycles. The Morgan fingerprint density at radius 2 is 1.95 bits per heavy atom. The molecule has 0 spiro atoms. The third-order valence-corrected chi connectivity index (χ3v) is 2.74. The number of amides is 1. The van der Waals surface area contributed by atoms with Crippen LogP contribution >= 0.6 is 0 Å². The lowest BCUT2D eigenvalue weighted by atomic mass is 10.1. The van der Waals surface area contributed by atoms with E-state index >= 15 is 0 Å². The summed E-state index contributed by atoms with van der Waals surface area (Å²) in [6.45, 7) is 2.55. The standard InChI is InChI=1S/C15H16N2O2/c1-11-3-2-4-12(9-11)10-19-14-7-5-13(6-8-14)15(18)17-16/h2-9H,10,16H2,1H3,(H,17,18). The number of nitrogens with two attached hydrogens (primary N) is 1. The Morgan fingerprint density at radius 1 is 1.21 bits per heavy atom. The Balaban J connectivity index is 1.98. The van der Waals surface area contributed by atoms with Gasteiger partial charge in [-0.1, -0.05) is 29.8 Å². The number of hydrazine groups is 1. The number of nitrogen functional groups attached to an aromatic ring is 1. The van der Waals surface area contributed by atoms with Crippen molar-refractivity contribution in [1.82, 2.24) is 5.43 Å². The van der Waals surface area contributed by atoms with Crippen molar-refractivity contribution < 1.29 is 9.53 Å². The van der Waals surface area contributed by atoms with Crippen molar-refractivity contribution >= 4 is 5.91 Å². The number of hydrogen-bond donors (Lipinski definition) is 2. The van der Waals surface area contributed by atoms with Crippen molar-refractivity contribution in [2.45, 2.75) is 13.5 Å². The largest absolute Gasteiger partial charge is 0.489 e. The topological polar surface area (TPSA) is 64.3 Å². The van der Waals surface area contributed by atoms with E-state index in [0.717, 1.165) is 11.3 Å². The molecule has 0 aliphatic rings. The monoisotopic (exact) mass is 256 g/mol. The summed E-state index contributed by atoms with van der Waals surface area (Å²) >= 11 is 0. The molecule has 0 heterocycles. The lowest BCUT2D eigenvalue weighted by Gasteiger charge is -2.07. The molecule has 0 fully saturated rings. The van der Waals surface area contributed by atoms with Crippen LogP contribution in [0.25, 0.3) is 0 Å². The molecule has 0 aliphatic heterocycles. The zero-order valence-corrected chi connectivity index (χ0v) is 10.7. The maximum absolute atomic E-state index is 11.3. The van der Waals surface area contributed by atoms with Gasteiger partial charge >= 0.3 is 0 Å². The van der Waals surface area contributed by atoms with E-state index < -0.39 is 0 Å². The van der Waals surface area contributed by atoms with Crippen LogP contribution < -0.4 is 16.0 Å². The molecule has 0 unspecified atom stereocenters. The molecule has 0 saturated heterocycles. The number of carbonyl (C=O) groups excluding carboxylic acids is 1. The van der Waals surface area contributed by atoms with E-state index in [9.17, 15) is 4.79 Å². The lowest BCUT2D eigenvalue weighted by Crippen LogP contribution is -2.29. The molecule has 0 aliphatic carbocycles. The Labute approximate surface area is 112 Å². The quantitative estimate of drug-likeness (QED) is 0.500. The first-order valence-corrected chi connectivity index (χ1v) is 5.98. The highest BCUT2D eigenvalue weighted by Gasteiger charge is 2.03. The van der Waals surface area contributed by atoms with Crippen LogP contribution in [0.4, 0.5) is 0 Å². The summed E-state index contributed by atoms with van der Waals surface area (Å²) < 4.78 is 5.65. The van der Waals surface area contributed by atoms with Gasteiger partial charge in [0.1, 0.15) is 12.4 Å². The minimum atomic E-state index is -0.315. The van der Waals surface area contributed by atoms with Crippen molar-refractivity contribution in [1.29, 1.82) is 0 Å². The van der Waals surface area contributed by atoms with Crippen LogP contribution in [-0.2, 0) is 6.61 Å². The highest BCUT2D eigenvalue weighted by Crippen LogP contribution is 2.14. The fraction of sp³-hybridized carbons (Fsp3) is 0.133. The molecule has 2 rings (SSSR count). The number of ether oxygens (including phenoxy) is 1. The predicted molar refractivity (Wildman–Crippen MR) is 73.6 cm³/mol. The summed E-state index contributed by atoms with van der Waals surface area (Å²) in [5.74, 6) is 5.46. The highest BCUT2D eigenvalue weighted by atomic mass is 16.5. The minimum Gasteiger partial charge on any atom is -0.489 e. The number of carbonyl (C=O) groups is 1. The molecule has 0 bridgehead atoms. The van der Waals surface area contributed by atoms with Gasteiger partial charge in [-0.2, -0.15) is 0 Å². The van der Waals surface area contributed by atoms with E-state index in [0.29, 0.717) is 12.2 Å². The third kappa shape index (κ3) is 3.56. The van der Waals surface area contributed by atoms with Gasteiger partial charge in [-0.25, -0.2) is 5.84 Å². The second-order valence-corrected chi connectivity index (χ2v) is 4.28. The summed E-state index contributed by atoms with van der Waals surface area (Å²) in [4.78, 5) is 11.3. The first-order valence-electron chi connectivity index (χ1n) is 5.98. The zero-order valence-electron chi connectivity index (χ0n) is 10.7. The summed E-state index contributed by atoms with van der Waals surface area (Å²) in [5, 5.41) is 0.